The highest BCUT2D eigenvalue weighted by Gasteiger charge is 2.08. The number of hydrogen-bond acceptors (Lipinski definition) is 5. The van der Waals surface area contributed by atoms with Crippen molar-refractivity contribution in [2.24, 2.45) is 0 Å². The van der Waals surface area contributed by atoms with E-state index in [1.54, 1.807) is 19.2 Å². The Kier molecular flexibility index (Phi) is 3.49. The zero-order valence-corrected chi connectivity index (χ0v) is 10.8. The molecule has 0 aliphatic carbocycles. The van der Waals surface area contributed by atoms with E-state index in [0.717, 1.165) is 16.3 Å². The monoisotopic (exact) mass is 250 g/mol. The molecule has 0 fully saturated rings. The van der Waals surface area contributed by atoms with Crippen molar-refractivity contribution in [2.75, 3.05) is 0 Å². The van der Waals surface area contributed by atoms with E-state index >= 15 is 0 Å². The van der Waals surface area contributed by atoms with Gasteiger partial charge in [-0.2, -0.15) is 0 Å². The minimum Gasteiger partial charge on any atom is -0.436 e. The van der Waals surface area contributed by atoms with E-state index in [4.69, 9.17) is 4.42 Å². The van der Waals surface area contributed by atoms with Crippen molar-refractivity contribution >= 4 is 11.8 Å². The molecule has 4 nitrogen and oxygen atoms in total. The molecule has 0 spiro atoms. The van der Waals surface area contributed by atoms with E-state index in [-0.39, 0.29) is 0 Å². The Bertz CT molecular complexity index is 486. The van der Waals surface area contributed by atoms with Crippen LogP contribution in [0.25, 0.3) is 0 Å². The number of hydrogen-bond donors (Lipinski definition) is 1. The molecule has 2 aromatic rings. The fourth-order valence-electron chi connectivity index (χ4n) is 1.29. The van der Waals surface area contributed by atoms with Crippen LogP contribution in [0.15, 0.2) is 32.9 Å². The Balaban J connectivity index is 2.13. The van der Waals surface area contributed by atoms with Crippen molar-refractivity contribution in [1.29, 1.82) is 0 Å². The maximum atomic E-state index is 9.34. The van der Waals surface area contributed by atoms with Crippen LogP contribution in [0.5, 0.6) is 0 Å². The van der Waals surface area contributed by atoms with E-state index < -0.39 is 6.10 Å². The van der Waals surface area contributed by atoms with E-state index in [1.807, 2.05) is 19.9 Å². The highest BCUT2D eigenvalue weighted by Crippen LogP contribution is 2.28. The van der Waals surface area contributed by atoms with Crippen LogP contribution in [0.4, 0.5) is 0 Å². The SMILES string of the molecule is Cc1nc(Sc2ccc(C(C)O)nc2)oc1C. The summed E-state index contributed by atoms with van der Waals surface area (Å²) in [5.74, 6) is 0.834. The maximum absolute atomic E-state index is 9.34. The second-order valence-corrected chi connectivity index (χ2v) is 4.84. The summed E-state index contributed by atoms with van der Waals surface area (Å²) >= 11 is 1.42. The predicted molar refractivity (Wildman–Crippen MR) is 65.0 cm³/mol. The summed E-state index contributed by atoms with van der Waals surface area (Å²) in [5.41, 5.74) is 1.56. The van der Waals surface area contributed by atoms with Crippen molar-refractivity contribution in [1.82, 2.24) is 9.97 Å². The van der Waals surface area contributed by atoms with Gasteiger partial charge in [0.15, 0.2) is 0 Å². The largest absolute Gasteiger partial charge is 0.436 e. The van der Waals surface area contributed by atoms with Gasteiger partial charge < -0.3 is 9.52 Å². The molecule has 0 bridgehead atoms. The lowest BCUT2D eigenvalue weighted by atomic mass is 10.2. The summed E-state index contributed by atoms with van der Waals surface area (Å²) in [6.07, 6.45) is 1.17. The first-order chi connectivity index (χ1) is 8.06. The summed E-state index contributed by atoms with van der Waals surface area (Å²) in [6, 6.07) is 3.70. The van der Waals surface area contributed by atoms with Gasteiger partial charge in [0.2, 0.25) is 0 Å². The molecule has 0 amide bonds. The Morgan fingerprint density at radius 2 is 2.12 bits per heavy atom. The van der Waals surface area contributed by atoms with Crippen LogP contribution < -0.4 is 0 Å². The quantitative estimate of drug-likeness (QED) is 0.907. The molecule has 90 valence electrons. The first-order valence-electron chi connectivity index (χ1n) is 5.32. The highest BCUT2D eigenvalue weighted by molar-refractivity contribution is 7.99. The van der Waals surface area contributed by atoms with Crippen LogP contribution in [-0.4, -0.2) is 15.1 Å². The van der Waals surface area contributed by atoms with E-state index in [9.17, 15) is 5.11 Å². The molecule has 0 saturated carbocycles. The molecule has 1 N–H and O–H groups in total. The van der Waals surface area contributed by atoms with E-state index in [2.05, 4.69) is 9.97 Å². The topological polar surface area (TPSA) is 59.2 Å². The molecule has 1 atom stereocenters. The van der Waals surface area contributed by atoms with Crippen LogP contribution in [0.3, 0.4) is 0 Å². The van der Waals surface area contributed by atoms with Gasteiger partial charge in [-0.1, -0.05) is 0 Å². The Labute approximate surface area is 104 Å². The minimum atomic E-state index is -0.541. The Hall–Kier alpha value is -1.33. The number of rotatable bonds is 3. The molecule has 5 heteroatoms. The van der Waals surface area contributed by atoms with Gasteiger partial charge >= 0.3 is 0 Å². The van der Waals surface area contributed by atoms with Crippen LogP contribution >= 0.6 is 11.8 Å². The van der Waals surface area contributed by atoms with Gasteiger partial charge in [0, 0.05) is 11.1 Å². The van der Waals surface area contributed by atoms with Crippen molar-refractivity contribution in [2.45, 2.75) is 37.0 Å². The smallest absolute Gasteiger partial charge is 0.261 e. The third-order valence-electron chi connectivity index (χ3n) is 2.40. The van der Waals surface area contributed by atoms with Gasteiger partial charge in [-0.25, -0.2) is 4.98 Å². The second kappa shape index (κ2) is 4.89. The van der Waals surface area contributed by atoms with Gasteiger partial charge in [-0.05, 0) is 44.7 Å². The third-order valence-corrected chi connectivity index (χ3v) is 3.23. The standard InChI is InChI=1S/C12H14N2O2S/c1-7-9(3)16-12(14-7)17-10-4-5-11(8(2)15)13-6-10/h4-6,8,15H,1-3H3. The lowest BCUT2D eigenvalue weighted by Crippen LogP contribution is -1.94. The molecule has 2 heterocycles. The van der Waals surface area contributed by atoms with Gasteiger partial charge in [0.1, 0.15) is 5.76 Å². The fraction of sp³-hybridized carbons (Fsp3) is 0.333. The Morgan fingerprint density at radius 3 is 2.59 bits per heavy atom. The van der Waals surface area contributed by atoms with E-state index in [1.165, 1.54) is 11.8 Å². The first-order valence-corrected chi connectivity index (χ1v) is 6.14. The number of oxazole rings is 1. The van der Waals surface area contributed by atoms with Crippen LogP contribution in [0.2, 0.25) is 0 Å². The summed E-state index contributed by atoms with van der Waals surface area (Å²) in [6.45, 7) is 5.49. The number of aliphatic hydroxyl groups is 1. The minimum absolute atomic E-state index is 0.541. The maximum Gasteiger partial charge on any atom is 0.261 e. The lowest BCUT2D eigenvalue weighted by molar-refractivity contribution is 0.194. The molecule has 0 aromatic carbocycles. The molecule has 17 heavy (non-hydrogen) atoms. The molecule has 2 rings (SSSR count). The van der Waals surface area contributed by atoms with Gasteiger partial charge in [-0.15, -0.1) is 0 Å². The fourth-order valence-corrected chi connectivity index (χ4v) is 2.08. The van der Waals surface area contributed by atoms with Gasteiger partial charge in [0.05, 0.1) is 17.5 Å². The zero-order valence-electron chi connectivity index (χ0n) is 9.97. The molecule has 0 aliphatic rings. The van der Waals surface area contributed by atoms with Crippen molar-refractivity contribution in [3.63, 3.8) is 0 Å². The predicted octanol–water partition coefficient (Wildman–Crippen LogP) is 2.89. The normalized spacial score (nSPS) is 12.7. The molecular formula is C12H14N2O2S. The van der Waals surface area contributed by atoms with Gasteiger partial charge in [0.25, 0.3) is 5.22 Å². The molecule has 0 aliphatic heterocycles. The Morgan fingerprint density at radius 1 is 1.35 bits per heavy atom. The first kappa shape index (κ1) is 12.1. The molecule has 2 aromatic heterocycles. The van der Waals surface area contributed by atoms with Gasteiger partial charge in [-0.3, -0.25) is 4.98 Å². The zero-order chi connectivity index (χ0) is 12.4. The lowest BCUT2D eigenvalue weighted by Gasteiger charge is -2.03. The number of pyridine rings is 1. The summed E-state index contributed by atoms with van der Waals surface area (Å²) in [5, 5.41) is 9.96. The summed E-state index contributed by atoms with van der Waals surface area (Å²) in [7, 11) is 0. The number of nitrogens with zero attached hydrogens (tertiary/aromatic N) is 2. The second-order valence-electron chi connectivity index (χ2n) is 3.82. The summed E-state index contributed by atoms with van der Waals surface area (Å²) in [4.78, 5) is 9.39. The van der Waals surface area contributed by atoms with Crippen LogP contribution in [0.1, 0.15) is 30.2 Å². The number of aliphatic hydroxyl groups excluding tert-OH is 1. The van der Waals surface area contributed by atoms with Crippen molar-refractivity contribution in [3.05, 3.63) is 35.5 Å². The molecule has 0 radical (unpaired) electrons. The number of aryl methyl sites for hydroxylation is 2. The van der Waals surface area contributed by atoms with Crippen molar-refractivity contribution < 1.29 is 9.52 Å². The molecule has 1 unspecified atom stereocenters. The summed E-state index contributed by atoms with van der Waals surface area (Å²) < 4.78 is 5.47. The molecular weight excluding hydrogens is 236 g/mol. The van der Waals surface area contributed by atoms with Crippen LogP contribution in [0, 0.1) is 13.8 Å². The van der Waals surface area contributed by atoms with E-state index in [0.29, 0.717) is 10.9 Å². The third kappa shape index (κ3) is 2.87. The molecule has 0 saturated heterocycles. The average molecular weight is 250 g/mol. The highest BCUT2D eigenvalue weighted by atomic mass is 32.2. The average Bonchev–Trinajstić information content (AvgIpc) is 2.58. The van der Waals surface area contributed by atoms with Crippen LogP contribution in [-0.2, 0) is 0 Å². The van der Waals surface area contributed by atoms with Crippen molar-refractivity contribution in [3.8, 4) is 0 Å². The number of aromatic nitrogens is 2.